The van der Waals surface area contributed by atoms with E-state index in [2.05, 4.69) is 26.6 Å². The molecule has 1 aromatic carbocycles. The molecule has 0 spiro atoms. The van der Waals surface area contributed by atoms with Crippen molar-refractivity contribution >= 4 is 45.3 Å². The first-order valence-corrected chi connectivity index (χ1v) is 8.53. The van der Waals surface area contributed by atoms with Gasteiger partial charge in [-0.1, -0.05) is 41.4 Å². The molecule has 3 N–H and O–H groups in total. The molecule has 1 rings (SSSR count). The van der Waals surface area contributed by atoms with Crippen LogP contribution in [0.25, 0.3) is 0 Å². The molecule has 0 bridgehead atoms. The van der Waals surface area contributed by atoms with Gasteiger partial charge in [-0.3, -0.25) is 9.59 Å². The van der Waals surface area contributed by atoms with Crippen molar-refractivity contribution in [3.05, 3.63) is 33.3 Å². The predicted octanol–water partition coefficient (Wildman–Crippen LogP) is 2.38. The zero-order chi connectivity index (χ0) is 18.4. The van der Waals surface area contributed by atoms with Crippen LogP contribution in [-0.2, 0) is 20.8 Å². The summed E-state index contributed by atoms with van der Waals surface area (Å²) in [5, 5.41) is 14.9. The molecule has 0 aliphatic rings. The van der Waals surface area contributed by atoms with Crippen LogP contribution < -0.4 is 10.6 Å². The topological polar surface area (TPSA) is 95.5 Å². The van der Waals surface area contributed by atoms with Gasteiger partial charge in [0.05, 0.1) is 0 Å². The van der Waals surface area contributed by atoms with Crippen LogP contribution in [-0.4, -0.2) is 35.0 Å². The van der Waals surface area contributed by atoms with Crippen LogP contribution in [0.3, 0.4) is 0 Å². The van der Waals surface area contributed by atoms with E-state index in [-0.39, 0.29) is 18.2 Å². The number of amides is 2. The first-order valence-electron chi connectivity index (χ1n) is 7.36. The zero-order valence-corrected chi connectivity index (χ0v) is 15.9. The fourth-order valence-corrected chi connectivity index (χ4v) is 2.74. The second-order valence-corrected chi connectivity index (χ2v) is 7.05. The highest BCUT2D eigenvalue weighted by atomic mass is 79.9. The lowest BCUT2D eigenvalue weighted by Crippen LogP contribution is -2.53. The molecule has 0 saturated carbocycles. The Labute approximate surface area is 154 Å². The normalized spacial score (nSPS) is 13.2. The number of carboxylic acid groups (broad SMARTS) is 1. The molecular formula is C16H20BrClN2O4. The number of nitrogens with one attached hydrogen (secondary N) is 2. The average molecular weight is 420 g/mol. The smallest absolute Gasteiger partial charge is 0.326 e. The second-order valence-electron chi connectivity index (χ2n) is 5.76. The minimum absolute atomic E-state index is 0.0626. The van der Waals surface area contributed by atoms with Gasteiger partial charge in [-0.2, -0.15) is 0 Å². The molecular weight excluding hydrogens is 400 g/mol. The Hall–Kier alpha value is -1.60. The summed E-state index contributed by atoms with van der Waals surface area (Å²) in [6.07, 6.45) is 0.0626. The van der Waals surface area contributed by atoms with Crippen molar-refractivity contribution in [3.63, 3.8) is 0 Å². The Kier molecular flexibility index (Phi) is 7.69. The number of hydrogen-bond donors (Lipinski definition) is 3. The molecule has 0 unspecified atom stereocenters. The number of carbonyl (C=O) groups excluding carboxylic acids is 2. The van der Waals surface area contributed by atoms with Crippen LogP contribution in [0.5, 0.6) is 0 Å². The Bertz CT molecular complexity index is 637. The lowest BCUT2D eigenvalue weighted by atomic mass is 10.0. The Morgan fingerprint density at radius 3 is 2.38 bits per heavy atom. The molecule has 24 heavy (non-hydrogen) atoms. The third-order valence-corrected chi connectivity index (χ3v) is 4.36. The first-order chi connectivity index (χ1) is 11.1. The number of hydrogen-bond acceptors (Lipinski definition) is 3. The SMILES string of the molecule is CC(=O)N[C@@H](C(=O)N[C@@H](Cc1cc(Cl)ccc1Br)C(=O)O)C(C)C. The average Bonchev–Trinajstić information content (AvgIpc) is 2.46. The summed E-state index contributed by atoms with van der Waals surface area (Å²) in [6.45, 7) is 4.84. The monoisotopic (exact) mass is 418 g/mol. The molecule has 6 nitrogen and oxygen atoms in total. The van der Waals surface area contributed by atoms with Crippen molar-refractivity contribution in [1.29, 1.82) is 0 Å². The van der Waals surface area contributed by atoms with Crippen molar-refractivity contribution in [2.24, 2.45) is 5.92 Å². The van der Waals surface area contributed by atoms with Crippen molar-refractivity contribution in [1.82, 2.24) is 10.6 Å². The third kappa shape index (κ3) is 6.13. The van der Waals surface area contributed by atoms with E-state index < -0.39 is 24.0 Å². The quantitative estimate of drug-likeness (QED) is 0.632. The Balaban J connectivity index is 2.92. The van der Waals surface area contributed by atoms with Gasteiger partial charge in [0.2, 0.25) is 11.8 Å². The first kappa shape index (κ1) is 20.4. The number of aliphatic carboxylic acids is 1. The number of carbonyl (C=O) groups is 3. The van der Waals surface area contributed by atoms with Gasteiger partial charge in [-0.15, -0.1) is 0 Å². The van der Waals surface area contributed by atoms with Crippen molar-refractivity contribution < 1.29 is 19.5 Å². The predicted molar refractivity (Wildman–Crippen MR) is 94.9 cm³/mol. The summed E-state index contributed by atoms with van der Waals surface area (Å²) in [4.78, 5) is 35.1. The summed E-state index contributed by atoms with van der Waals surface area (Å²) in [7, 11) is 0. The largest absolute Gasteiger partial charge is 0.480 e. The van der Waals surface area contributed by atoms with Gasteiger partial charge in [-0.25, -0.2) is 4.79 Å². The maximum absolute atomic E-state index is 12.4. The summed E-state index contributed by atoms with van der Waals surface area (Å²) in [5.74, 6) is -2.24. The molecule has 1 aromatic rings. The van der Waals surface area contributed by atoms with E-state index in [1.807, 2.05) is 0 Å². The number of rotatable bonds is 7. The van der Waals surface area contributed by atoms with Crippen molar-refractivity contribution in [3.8, 4) is 0 Å². The second kappa shape index (κ2) is 9.03. The van der Waals surface area contributed by atoms with Crippen LogP contribution in [0.15, 0.2) is 22.7 Å². The Morgan fingerprint density at radius 2 is 1.88 bits per heavy atom. The maximum Gasteiger partial charge on any atom is 0.326 e. The minimum atomic E-state index is -1.17. The lowest BCUT2D eigenvalue weighted by molar-refractivity contribution is -0.142. The summed E-state index contributed by atoms with van der Waals surface area (Å²) in [5.41, 5.74) is 0.663. The molecule has 0 aliphatic heterocycles. The highest BCUT2D eigenvalue weighted by Gasteiger charge is 2.28. The van der Waals surface area contributed by atoms with Crippen molar-refractivity contribution in [2.75, 3.05) is 0 Å². The highest BCUT2D eigenvalue weighted by Crippen LogP contribution is 2.22. The lowest BCUT2D eigenvalue weighted by Gasteiger charge is -2.23. The highest BCUT2D eigenvalue weighted by molar-refractivity contribution is 9.10. The fourth-order valence-electron chi connectivity index (χ4n) is 2.14. The molecule has 0 aliphatic carbocycles. The van der Waals surface area contributed by atoms with Crippen molar-refractivity contribution in [2.45, 2.75) is 39.3 Å². The number of benzene rings is 1. The third-order valence-electron chi connectivity index (χ3n) is 3.35. The van der Waals surface area contributed by atoms with Gasteiger partial charge in [0, 0.05) is 22.8 Å². The Morgan fingerprint density at radius 1 is 1.25 bits per heavy atom. The van der Waals surface area contributed by atoms with Crippen LogP contribution in [0.1, 0.15) is 26.3 Å². The van der Waals surface area contributed by atoms with E-state index in [0.29, 0.717) is 15.1 Å². The van der Waals surface area contributed by atoms with Gasteiger partial charge in [0.25, 0.3) is 0 Å². The standard InChI is InChI=1S/C16H20BrClN2O4/c1-8(2)14(19-9(3)21)15(22)20-13(16(23)24)7-10-6-11(18)4-5-12(10)17/h4-6,8,13-14H,7H2,1-3H3,(H,19,21)(H,20,22)(H,23,24)/t13-,14+/m0/s1. The van der Waals surface area contributed by atoms with Crippen LogP contribution in [0.2, 0.25) is 5.02 Å². The molecule has 0 radical (unpaired) electrons. The molecule has 132 valence electrons. The molecule has 0 heterocycles. The molecule has 8 heteroatoms. The van der Waals surface area contributed by atoms with E-state index in [4.69, 9.17) is 11.6 Å². The van der Waals surface area contributed by atoms with Gasteiger partial charge in [0.1, 0.15) is 12.1 Å². The van der Waals surface area contributed by atoms with E-state index in [9.17, 15) is 19.5 Å². The molecule has 2 amide bonds. The van der Waals surface area contributed by atoms with E-state index in [1.165, 1.54) is 6.92 Å². The molecule has 0 aromatic heterocycles. The zero-order valence-electron chi connectivity index (χ0n) is 13.6. The van der Waals surface area contributed by atoms with Crippen LogP contribution >= 0.6 is 27.5 Å². The van der Waals surface area contributed by atoms with E-state index in [0.717, 1.165) is 0 Å². The van der Waals surface area contributed by atoms with Gasteiger partial charge >= 0.3 is 5.97 Å². The van der Waals surface area contributed by atoms with E-state index >= 15 is 0 Å². The van der Waals surface area contributed by atoms with Gasteiger partial charge in [-0.05, 0) is 29.7 Å². The summed E-state index contributed by atoms with van der Waals surface area (Å²) in [6, 6.07) is 3.10. The molecule has 0 saturated heterocycles. The maximum atomic E-state index is 12.4. The van der Waals surface area contributed by atoms with Crippen LogP contribution in [0, 0.1) is 5.92 Å². The molecule has 2 atom stereocenters. The number of carboxylic acids is 1. The minimum Gasteiger partial charge on any atom is -0.480 e. The summed E-state index contributed by atoms with van der Waals surface area (Å²) >= 11 is 9.27. The van der Waals surface area contributed by atoms with Gasteiger partial charge < -0.3 is 15.7 Å². The number of halogens is 2. The van der Waals surface area contributed by atoms with E-state index in [1.54, 1.807) is 32.0 Å². The van der Waals surface area contributed by atoms with Crippen LogP contribution in [0.4, 0.5) is 0 Å². The fraction of sp³-hybridized carbons (Fsp3) is 0.438. The summed E-state index contributed by atoms with van der Waals surface area (Å²) < 4.78 is 0.703. The van der Waals surface area contributed by atoms with Gasteiger partial charge in [0.15, 0.2) is 0 Å². The molecule has 0 fully saturated rings.